The number of carbonyl (C=O) groups is 2. The van der Waals surface area contributed by atoms with Gasteiger partial charge in [0.15, 0.2) is 16.6 Å². The first kappa shape index (κ1) is 83.5. The second kappa shape index (κ2) is 40.6. The second-order valence-corrected chi connectivity index (χ2v) is 51.9. The van der Waals surface area contributed by atoms with Gasteiger partial charge in [-0.25, -0.2) is 0 Å². The van der Waals surface area contributed by atoms with Crippen LogP contribution in [-0.4, -0.2) is 158 Å². The van der Waals surface area contributed by atoms with Crippen LogP contribution in [0.4, 0.5) is 0 Å². The van der Waals surface area contributed by atoms with E-state index in [0.29, 0.717) is 83.1 Å². The second-order valence-electron chi connectivity index (χ2n) is 32.1. The lowest BCUT2D eigenvalue weighted by molar-refractivity contribution is -0.558. The van der Waals surface area contributed by atoms with Gasteiger partial charge in [-0.15, -0.1) is 0 Å². The average molecular weight is 1300 g/mol. The number of hydrogen-bond donors (Lipinski definition) is 2. The molecule has 0 saturated carbocycles. The predicted molar refractivity (Wildman–Crippen MR) is 364 cm³/mol. The molecular weight excluding hydrogens is 1160 g/mol. The van der Waals surface area contributed by atoms with Crippen molar-refractivity contribution >= 4 is 44.5 Å². The smallest absolute Gasteiger partial charge is 0.346 e. The van der Waals surface area contributed by atoms with Crippen molar-refractivity contribution in [2.24, 2.45) is 16.6 Å². The summed E-state index contributed by atoms with van der Waals surface area (Å²) in [5.41, 5.74) is 6.52. The van der Waals surface area contributed by atoms with Crippen molar-refractivity contribution in [2.45, 2.75) is 329 Å². The summed E-state index contributed by atoms with van der Waals surface area (Å²) >= 11 is 0. The van der Waals surface area contributed by atoms with E-state index in [4.69, 9.17) is 62.3 Å². The molecule has 0 aromatic carbocycles. The third kappa shape index (κ3) is 37.9. The van der Waals surface area contributed by atoms with Crippen LogP contribution in [0, 0.1) is 10.8 Å². The molecule has 0 radical (unpaired) electrons. The van der Waals surface area contributed by atoms with Gasteiger partial charge < -0.3 is 67.1 Å². The molecule has 0 spiro atoms. The molecule has 1 atom stereocenters. The van der Waals surface area contributed by atoms with Gasteiger partial charge in [-0.2, -0.15) is 0 Å². The van der Waals surface area contributed by atoms with Gasteiger partial charge in [0.05, 0.1) is 64.1 Å². The molecule has 15 nitrogen and oxygen atoms in total. The summed E-state index contributed by atoms with van der Waals surface area (Å²) < 4.78 is 70.4. The highest BCUT2D eigenvalue weighted by Crippen LogP contribution is 2.48. The van der Waals surface area contributed by atoms with Crippen molar-refractivity contribution in [3.63, 3.8) is 0 Å². The fraction of sp³-hybridized carbons (Fsp3) is 0.970. The highest BCUT2D eigenvalue weighted by Gasteiger charge is 2.73. The minimum atomic E-state index is -1.73. The van der Waals surface area contributed by atoms with Crippen molar-refractivity contribution < 1.29 is 66.2 Å². The van der Waals surface area contributed by atoms with E-state index in [9.17, 15) is 9.59 Å². The van der Waals surface area contributed by atoms with Crippen LogP contribution in [0.15, 0.2) is 0 Å². The lowest BCUT2D eigenvalue weighted by Crippen LogP contribution is -2.77. The number of ether oxygens (including phenoxy) is 9. The molecule has 4 saturated heterocycles. The number of hydrogen-bond acceptors (Lipinski definition) is 15. The van der Waals surface area contributed by atoms with E-state index in [0.717, 1.165) is 141 Å². The molecule has 86 heavy (non-hydrogen) atoms. The van der Waals surface area contributed by atoms with Gasteiger partial charge in [0, 0.05) is 42.2 Å². The van der Waals surface area contributed by atoms with Gasteiger partial charge in [0.1, 0.15) is 12.4 Å². The van der Waals surface area contributed by atoms with E-state index >= 15 is 0 Å². The highest BCUT2D eigenvalue weighted by atomic mass is 28.4. The number of carbonyl (C=O) groups excluding carboxylic acids is 2. The van der Waals surface area contributed by atoms with E-state index < -0.39 is 50.3 Å². The van der Waals surface area contributed by atoms with Crippen molar-refractivity contribution in [1.29, 1.82) is 0 Å². The molecule has 1 unspecified atom stereocenters. The molecule has 0 aromatic heterocycles. The number of cyclic esters (lactones) is 1. The molecule has 4 aliphatic heterocycles. The van der Waals surface area contributed by atoms with Crippen LogP contribution in [0.25, 0.3) is 0 Å². The molecule has 19 heteroatoms. The zero-order valence-corrected chi connectivity index (χ0v) is 63.7. The number of nitrogens with two attached hydrogens (primary N) is 1. The third-order valence-corrected chi connectivity index (χ3v) is 21.3. The minimum absolute atomic E-state index is 0.0204. The lowest BCUT2D eigenvalue weighted by Gasteiger charge is -2.55. The predicted octanol–water partition coefficient (Wildman–Crippen LogP) is 16.6. The molecule has 3 N–H and O–H groups in total. The van der Waals surface area contributed by atoms with Crippen molar-refractivity contribution in [1.82, 2.24) is 0 Å². The Balaban J connectivity index is 0.000000678. The topological polar surface area (TPSA) is 182 Å². The third-order valence-electron chi connectivity index (χ3n) is 15.0. The molecule has 0 aliphatic carbocycles. The van der Waals surface area contributed by atoms with Gasteiger partial charge in [0.25, 0.3) is 5.79 Å². The first-order chi connectivity index (χ1) is 39.8. The standard InChI is InChI=1S/C31H56O10.C16H39NOSi2.C14H34OSi2.C6H10O2/c1-28(33)17-7-2-10-24-39-31(40-25-15-6-16-26-41-31)30(37-22-13-5-14-23-38-30)29(27-34-19-9-3-8-18-32)35-20-11-4-12-21-36-29;1-15(2,18-20(7,8)9)13-16(3,11-10-12-17)14-19(4,5)6;1-13(2,12-16(5,6)7)11-14(3,4)15-17(8,9)10;7-6-4-2-1-3-5-8-6/h32H,2-27H2,1H3;10-14,17H2,1-9H3;11-12H2,1-10H3;1-5H2. The molecule has 4 heterocycles. The Bertz CT molecular complexity index is 1740. The zero-order valence-electron chi connectivity index (χ0n) is 59.7. The van der Waals surface area contributed by atoms with E-state index in [1.165, 1.54) is 18.5 Å². The van der Waals surface area contributed by atoms with Crippen LogP contribution in [0.5, 0.6) is 0 Å². The normalized spacial score (nSPS) is 20.3. The molecule has 512 valence electrons. The maximum absolute atomic E-state index is 11.4. The Morgan fingerprint density at radius 1 is 0.547 bits per heavy atom. The maximum atomic E-state index is 11.4. The van der Waals surface area contributed by atoms with E-state index in [2.05, 4.69) is 127 Å². The molecule has 4 aliphatic rings. The molecule has 4 rings (SSSR count). The van der Waals surface area contributed by atoms with Crippen LogP contribution >= 0.6 is 0 Å². The quantitative estimate of drug-likeness (QED) is 0.0380. The molecule has 0 amide bonds. The first-order valence-corrected chi connectivity index (χ1v) is 48.4. The Kier molecular flexibility index (Phi) is 39.4. The fourth-order valence-corrected chi connectivity index (χ4v) is 23.1. The number of unbranched alkanes of at least 4 members (excludes halogenated alkanes) is 4. The van der Waals surface area contributed by atoms with E-state index in [1.54, 1.807) is 6.92 Å². The Morgan fingerprint density at radius 2 is 1.00 bits per heavy atom. The monoisotopic (exact) mass is 1290 g/mol. The lowest BCUT2D eigenvalue weighted by atomic mass is 9.78. The number of Topliss-reactive ketones (excluding diaryl/α,β-unsaturated/α-hetero) is 1. The molecule has 0 bridgehead atoms. The number of esters is 1. The molecule has 0 aromatic rings. The maximum Gasteiger partial charge on any atom is 0.346 e. The average Bonchev–Trinajstić information content (AvgIpc) is 0.767. The Labute approximate surface area is 532 Å². The van der Waals surface area contributed by atoms with Crippen LogP contribution in [0.2, 0.25) is 90.7 Å². The van der Waals surface area contributed by atoms with Gasteiger partial charge >= 0.3 is 17.7 Å². The molecule has 4 fully saturated rings. The largest absolute Gasteiger partial charge is 0.466 e. The van der Waals surface area contributed by atoms with Crippen LogP contribution in [0.1, 0.15) is 209 Å². The van der Waals surface area contributed by atoms with Crippen molar-refractivity contribution in [2.75, 3.05) is 79.2 Å². The SMILES string of the molecule is CC(=O)CCCCCOC1(C2(C3(COCCCCCO)OCCCCCO3)OCCCCCO2)OCCCCCO1.CC(C)(CC(C)(C)O[Si](C)(C)C)C[Si](C)(C)C.CC(CCCN)(CC(C)(C)O[Si](C)(C)C)C[Si](C)(C)C.O=C1CCCCCO1. The summed E-state index contributed by atoms with van der Waals surface area (Å²) in [6.07, 6.45) is 22.0. The van der Waals surface area contributed by atoms with Crippen molar-refractivity contribution in [3.8, 4) is 0 Å². The molecular formula is C67H139NO14Si4. The van der Waals surface area contributed by atoms with Gasteiger partial charge in [-0.05, 0) is 226 Å². The fourth-order valence-electron chi connectivity index (χ4n) is 13.8. The number of rotatable bonds is 31. The number of ketones is 1. The van der Waals surface area contributed by atoms with Crippen molar-refractivity contribution in [3.05, 3.63) is 0 Å². The Morgan fingerprint density at radius 3 is 1.48 bits per heavy atom. The summed E-state index contributed by atoms with van der Waals surface area (Å²) in [6, 6.07) is 2.73. The van der Waals surface area contributed by atoms with Gasteiger partial charge in [0.2, 0.25) is 0 Å². The summed E-state index contributed by atoms with van der Waals surface area (Å²) in [6.45, 7) is 51.5. The van der Waals surface area contributed by atoms with Crippen LogP contribution in [0.3, 0.4) is 0 Å². The number of aliphatic hydroxyl groups excluding tert-OH is 1. The van der Waals surface area contributed by atoms with E-state index in [1.807, 2.05) is 0 Å². The van der Waals surface area contributed by atoms with Crippen LogP contribution in [-0.2, 0) is 61.1 Å². The summed E-state index contributed by atoms with van der Waals surface area (Å²) in [5.74, 6) is -4.75. The highest BCUT2D eigenvalue weighted by molar-refractivity contribution is 6.76. The minimum Gasteiger partial charge on any atom is -0.466 e. The van der Waals surface area contributed by atoms with Gasteiger partial charge in [-0.3, -0.25) is 4.79 Å². The summed E-state index contributed by atoms with van der Waals surface area (Å²) in [7, 11) is -5.02. The van der Waals surface area contributed by atoms with E-state index in [-0.39, 0.29) is 36.2 Å². The van der Waals surface area contributed by atoms with Gasteiger partial charge in [-0.1, -0.05) is 78.6 Å². The summed E-state index contributed by atoms with van der Waals surface area (Å²) in [5, 5.41) is 9.17. The first-order valence-electron chi connectivity index (χ1n) is 34.2. The zero-order chi connectivity index (χ0) is 65.3. The summed E-state index contributed by atoms with van der Waals surface area (Å²) in [4.78, 5) is 21.9. The van der Waals surface area contributed by atoms with Crippen LogP contribution < -0.4 is 5.73 Å². The Hall–Kier alpha value is -0.472. The number of aliphatic hydroxyl groups is 1.